The molecule has 0 aromatic heterocycles. The van der Waals surface area contributed by atoms with Crippen molar-refractivity contribution in [3.8, 4) is 0 Å². The van der Waals surface area contributed by atoms with Crippen LogP contribution in [0.4, 0.5) is 0 Å². The molecule has 0 heterocycles. The maximum atomic E-state index is 12.1. The van der Waals surface area contributed by atoms with Gasteiger partial charge < -0.3 is 15.4 Å². The SMILES string of the molecule is CC(C)(C)NC(=O)COC(=O)CNC(=O)c1ccc2ccccc2c1. The molecule has 6 heteroatoms. The average Bonchev–Trinajstić information content (AvgIpc) is 2.56. The molecule has 0 saturated carbocycles. The van der Waals surface area contributed by atoms with E-state index in [1.165, 1.54) is 0 Å². The van der Waals surface area contributed by atoms with Crippen LogP contribution in [0.1, 0.15) is 31.1 Å². The molecular formula is C19H22N2O4. The minimum Gasteiger partial charge on any atom is -0.454 e. The van der Waals surface area contributed by atoms with Crippen molar-refractivity contribution in [1.29, 1.82) is 0 Å². The van der Waals surface area contributed by atoms with Crippen molar-refractivity contribution < 1.29 is 19.1 Å². The van der Waals surface area contributed by atoms with Gasteiger partial charge in [0.05, 0.1) is 0 Å². The molecule has 6 nitrogen and oxygen atoms in total. The quantitative estimate of drug-likeness (QED) is 0.814. The lowest BCUT2D eigenvalue weighted by Gasteiger charge is -2.20. The van der Waals surface area contributed by atoms with Gasteiger partial charge in [-0.25, -0.2) is 0 Å². The van der Waals surface area contributed by atoms with E-state index in [0.717, 1.165) is 10.8 Å². The Bertz CT molecular complexity index is 793. The third-order valence-corrected chi connectivity index (χ3v) is 3.28. The van der Waals surface area contributed by atoms with Gasteiger partial charge in [-0.1, -0.05) is 30.3 Å². The van der Waals surface area contributed by atoms with Crippen molar-refractivity contribution in [2.24, 2.45) is 0 Å². The zero-order chi connectivity index (χ0) is 18.4. The number of hydrogen-bond acceptors (Lipinski definition) is 4. The van der Waals surface area contributed by atoms with Crippen LogP contribution in [0.25, 0.3) is 10.8 Å². The average molecular weight is 342 g/mol. The molecule has 2 amide bonds. The Hall–Kier alpha value is -2.89. The molecule has 0 spiro atoms. The smallest absolute Gasteiger partial charge is 0.325 e. The number of fused-ring (bicyclic) bond motifs is 1. The van der Waals surface area contributed by atoms with Gasteiger partial charge >= 0.3 is 5.97 Å². The van der Waals surface area contributed by atoms with Crippen molar-refractivity contribution in [3.05, 3.63) is 48.0 Å². The van der Waals surface area contributed by atoms with E-state index < -0.39 is 11.5 Å². The largest absolute Gasteiger partial charge is 0.454 e. The van der Waals surface area contributed by atoms with E-state index in [1.807, 2.05) is 51.1 Å². The number of amides is 2. The van der Waals surface area contributed by atoms with Crippen LogP contribution < -0.4 is 10.6 Å². The Morgan fingerprint density at radius 1 is 1.00 bits per heavy atom. The lowest BCUT2D eigenvalue weighted by atomic mass is 10.1. The summed E-state index contributed by atoms with van der Waals surface area (Å²) < 4.78 is 4.84. The normalized spacial score (nSPS) is 11.0. The second-order valence-electron chi connectivity index (χ2n) is 6.70. The topological polar surface area (TPSA) is 84.5 Å². The zero-order valence-electron chi connectivity index (χ0n) is 14.6. The number of nitrogens with one attached hydrogen (secondary N) is 2. The molecule has 0 saturated heterocycles. The molecule has 0 aliphatic rings. The third kappa shape index (κ3) is 5.91. The molecule has 0 radical (unpaired) electrons. The van der Waals surface area contributed by atoms with Gasteiger partial charge in [0.15, 0.2) is 6.61 Å². The van der Waals surface area contributed by atoms with Gasteiger partial charge in [0, 0.05) is 11.1 Å². The van der Waals surface area contributed by atoms with Crippen molar-refractivity contribution >= 4 is 28.6 Å². The van der Waals surface area contributed by atoms with E-state index >= 15 is 0 Å². The van der Waals surface area contributed by atoms with E-state index in [2.05, 4.69) is 10.6 Å². The fraction of sp³-hybridized carbons (Fsp3) is 0.316. The third-order valence-electron chi connectivity index (χ3n) is 3.28. The molecule has 2 aromatic carbocycles. The molecular weight excluding hydrogens is 320 g/mol. The first-order chi connectivity index (χ1) is 11.7. The highest BCUT2D eigenvalue weighted by Gasteiger charge is 2.15. The highest BCUT2D eigenvalue weighted by atomic mass is 16.5. The van der Waals surface area contributed by atoms with Crippen LogP contribution in [-0.4, -0.2) is 36.5 Å². The summed E-state index contributed by atoms with van der Waals surface area (Å²) in [5, 5.41) is 7.14. The van der Waals surface area contributed by atoms with Gasteiger partial charge in [-0.3, -0.25) is 14.4 Å². The zero-order valence-corrected chi connectivity index (χ0v) is 14.6. The number of esters is 1. The van der Waals surface area contributed by atoms with Crippen LogP contribution in [0, 0.1) is 0 Å². The summed E-state index contributed by atoms with van der Waals surface area (Å²) in [4.78, 5) is 35.3. The Labute approximate surface area is 146 Å². The predicted molar refractivity (Wildman–Crippen MR) is 95.1 cm³/mol. The first kappa shape index (κ1) is 18.4. The van der Waals surface area contributed by atoms with Gasteiger partial charge in [0.25, 0.3) is 11.8 Å². The number of benzene rings is 2. The number of rotatable bonds is 5. The summed E-state index contributed by atoms with van der Waals surface area (Å²) in [5.41, 5.74) is 0.0605. The molecule has 25 heavy (non-hydrogen) atoms. The number of carbonyl (C=O) groups is 3. The van der Waals surface area contributed by atoms with E-state index in [9.17, 15) is 14.4 Å². The summed E-state index contributed by atoms with van der Waals surface area (Å²) in [5.74, 6) is -1.43. The minimum atomic E-state index is -0.668. The number of carbonyl (C=O) groups excluding carboxylic acids is 3. The molecule has 2 aromatic rings. The van der Waals surface area contributed by atoms with Crippen molar-refractivity contribution in [2.45, 2.75) is 26.3 Å². The van der Waals surface area contributed by atoms with Crippen molar-refractivity contribution in [2.75, 3.05) is 13.2 Å². The second-order valence-corrected chi connectivity index (χ2v) is 6.70. The molecule has 2 rings (SSSR count). The Kier molecular flexibility index (Phi) is 5.75. The molecule has 2 N–H and O–H groups in total. The van der Waals surface area contributed by atoms with Gasteiger partial charge in [-0.15, -0.1) is 0 Å². The van der Waals surface area contributed by atoms with Gasteiger partial charge in [0.2, 0.25) is 0 Å². The summed E-state index contributed by atoms with van der Waals surface area (Å²) >= 11 is 0. The first-order valence-corrected chi connectivity index (χ1v) is 7.98. The van der Waals surface area contributed by atoms with Crippen LogP contribution in [0.15, 0.2) is 42.5 Å². The summed E-state index contributed by atoms with van der Waals surface area (Å²) in [6.07, 6.45) is 0. The van der Waals surface area contributed by atoms with Gasteiger partial charge in [-0.05, 0) is 43.7 Å². The molecule has 0 aliphatic heterocycles. The van der Waals surface area contributed by atoms with Crippen LogP contribution in [0.3, 0.4) is 0 Å². The van der Waals surface area contributed by atoms with Crippen LogP contribution in [-0.2, 0) is 14.3 Å². The standard InChI is InChI=1S/C19H22N2O4/c1-19(2,3)21-16(22)12-25-17(23)11-20-18(24)15-9-8-13-6-4-5-7-14(13)10-15/h4-10H,11-12H2,1-3H3,(H,20,24)(H,21,22). The fourth-order valence-corrected chi connectivity index (χ4v) is 2.24. The van der Waals surface area contributed by atoms with Crippen LogP contribution >= 0.6 is 0 Å². The van der Waals surface area contributed by atoms with E-state index in [1.54, 1.807) is 12.1 Å². The fourth-order valence-electron chi connectivity index (χ4n) is 2.24. The van der Waals surface area contributed by atoms with Crippen LogP contribution in [0.5, 0.6) is 0 Å². The maximum Gasteiger partial charge on any atom is 0.325 e. The summed E-state index contributed by atoms with van der Waals surface area (Å²) in [6.45, 7) is 4.82. The first-order valence-electron chi connectivity index (χ1n) is 7.98. The lowest BCUT2D eigenvalue weighted by molar-refractivity contribution is -0.147. The molecule has 0 fully saturated rings. The maximum absolute atomic E-state index is 12.1. The lowest BCUT2D eigenvalue weighted by Crippen LogP contribution is -2.43. The molecule has 0 atom stereocenters. The Balaban J connectivity index is 1.82. The van der Waals surface area contributed by atoms with Gasteiger partial charge in [-0.2, -0.15) is 0 Å². The second kappa shape index (κ2) is 7.79. The van der Waals surface area contributed by atoms with Crippen molar-refractivity contribution in [3.63, 3.8) is 0 Å². The van der Waals surface area contributed by atoms with E-state index in [-0.39, 0.29) is 25.0 Å². The Morgan fingerprint density at radius 2 is 1.68 bits per heavy atom. The number of hydrogen-bond donors (Lipinski definition) is 2. The molecule has 0 aliphatic carbocycles. The van der Waals surface area contributed by atoms with E-state index in [4.69, 9.17) is 4.74 Å². The predicted octanol–water partition coefficient (Wildman–Crippen LogP) is 2.03. The minimum absolute atomic E-state index is 0.297. The monoisotopic (exact) mass is 342 g/mol. The highest BCUT2D eigenvalue weighted by molar-refractivity contribution is 5.99. The van der Waals surface area contributed by atoms with Gasteiger partial charge in [0.1, 0.15) is 6.54 Å². The van der Waals surface area contributed by atoms with Crippen molar-refractivity contribution in [1.82, 2.24) is 10.6 Å². The number of ether oxygens (including phenoxy) is 1. The highest BCUT2D eigenvalue weighted by Crippen LogP contribution is 2.15. The van der Waals surface area contributed by atoms with E-state index in [0.29, 0.717) is 5.56 Å². The molecule has 0 unspecified atom stereocenters. The summed E-state index contributed by atoms with van der Waals surface area (Å²) in [7, 11) is 0. The van der Waals surface area contributed by atoms with Crippen LogP contribution in [0.2, 0.25) is 0 Å². The summed E-state index contributed by atoms with van der Waals surface area (Å²) in [6, 6.07) is 13.0. The molecule has 0 bridgehead atoms. The molecule has 132 valence electrons. The Morgan fingerprint density at radius 3 is 2.36 bits per heavy atom.